The maximum Gasteiger partial charge on any atom is 0.253 e. The van der Waals surface area contributed by atoms with Crippen molar-refractivity contribution < 1.29 is 9.53 Å². The summed E-state index contributed by atoms with van der Waals surface area (Å²) in [5.41, 5.74) is 3.30. The van der Waals surface area contributed by atoms with E-state index in [1.165, 1.54) is 0 Å². The summed E-state index contributed by atoms with van der Waals surface area (Å²) >= 11 is 0. The van der Waals surface area contributed by atoms with E-state index in [9.17, 15) is 10.1 Å². The molecule has 0 saturated carbocycles. The molecule has 1 amide bonds. The number of hydrogen-bond donors (Lipinski definition) is 0. The van der Waals surface area contributed by atoms with Gasteiger partial charge in [0.2, 0.25) is 0 Å². The van der Waals surface area contributed by atoms with Crippen LogP contribution in [0.15, 0.2) is 60.8 Å². The van der Waals surface area contributed by atoms with Gasteiger partial charge in [0.15, 0.2) is 0 Å². The van der Waals surface area contributed by atoms with Gasteiger partial charge in [0, 0.05) is 87.8 Å². The number of anilines is 1. The monoisotopic (exact) mass is 538 g/mol. The average Bonchev–Trinajstić information content (AvgIpc) is 3.01. The Morgan fingerprint density at radius 2 is 1.75 bits per heavy atom. The van der Waals surface area contributed by atoms with E-state index in [4.69, 9.17) is 4.74 Å². The van der Waals surface area contributed by atoms with Crippen LogP contribution in [0.5, 0.6) is 0 Å². The number of nitrogens with zero attached hydrogens (tertiary/aromatic N) is 6. The number of fused-ring (bicyclic) bond motifs is 1. The number of carbonyl (C=O) groups excluding carboxylic acids is 1. The summed E-state index contributed by atoms with van der Waals surface area (Å²) in [5, 5.41) is 10.6. The maximum absolute atomic E-state index is 12.8. The van der Waals surface area contributed by atoms with Crippen LogP contribution >= 0.6 is 0 Å². The van der Waals surface area contributed by atoms with Crippen LogP contribution in [-0.4, -0.2) is 103 Å². The number of aromatic nitrogens is 1. The second-order valence-corrected chi connectivity index (χ2v) is 11.3. The molecule has 0 radical (unpaired) electrons. The van der Waals surface area contributed by atoms with Crippen LogP contribution < -0.4 is 4.90 Å². The van der Waals surface area contributed by atoms with Crippen molar-refractivity contribution in [3.05, 3.63) is 71.9 Å². The number of ether oxygens (including phenoxy) is 1. The molecule has 2 aromatic carbocycles. The summed E-state index contributed by atoms with van der Waals surface area (Å²) in [7, 11) is 0. The van der Waals surface area contributed by atoms with Crippen molar-refractivity contribution in [2.75, 3.05) is 63.8 Å². The zero-order chi connectivity index (χ0) is 27.5. The average molecular weight is 539 g/mol. The van der Waals surface area contributed by atoms with E-state index < -0.39 is 0 Å². The molecule has 6 rings (SSSR count). The van der Waals surface area contributed by atoms with Crippen molar-refractivity contribution in [3.63, 3.8) is 0 Å². The first kappa shape index (κ1) is 26.7. The van der Waals surface area contributed by atoms with Gasteiger partial charge in [0.25, 0.3) is 5.91 Å². The number of rotatable bonds is 5. The molecular weight excluding hydrogens is 500 g/mol. The van der Waals surface area contributed by atoms with E-state index in [0.717, 1.165) is 93.9 Å². The molecule has 3 aliphatic rings. The molecule has 4 heterocycles. The van der Waals surface area contributed by atoms with Crippen LogP contribution in [0.3, 0.4) is 0 Å². The fourth-order valence-electron chi connectivity index (χ4n) is 6.66. The molecule has 8 heteroatoms. The van der Waals surface area contributed by atoms with E-state index >= 15 is 0 Å². The Morgan fingerprint density at radius 3 is 2.50 bits per heavy atom. The fourth-order valence-corrected chi connectivity index (χ4v) is 6.66. The minimum absolute atomic E-state index is 0.130. The van der Waals surface area contributed by atoms with Gasteiger partial charge in [-0.3, -0.25) is 19.6 Å². The second kappa shape index (κ2) is 11.9. The third kappa shape index (κ3) is 5.68. The summed E-state index contributed by atoms with van der Waals surface area (Å²) in [6, 6.07) is 20.4. The number of hydrogen-bond acceptors (Lipinski definition) is 7. The Kier molecular flexibility index (Phi) is 7.96. The van der Waals surface area contributed by atoms with Gasteiger partial charge in [-0.1, -0.05) is 18.2 Å². The highest BCUT2D eigenvalue weighted by atomic mass is 16.5. The van der Waals surface area contributed by atoms with Crippen molar-refractivity contribution in [1.29, 1.82) is 5.26 Å². The van der Waals surface area contributed by atoms with Gasteiger partial charge < -0.3 is 14.5 Å². The maximum atomic E-state index is 12.8. The lowest BCUT2D eigenvalue weighted by atomic mass is 10.0. The molecule has 0 bridgehead atoms. The predicted octanol–water partition coefficient (Wildman–Crippen LogP) is 3.62. The van der Waals surface area contributed by atoms with E-state index in [2.05, 4.69) is 44.8 Å². The molecule has 2 atom stereocenters. The molecule has 3 aromatic rings. The number of amides is 1. The van der Waals surface area contributed by atoms with Crippen LogP contribution in [0.4, 0.5) is 5.69 Å². The molecule has 0 aliphatic carbocycles. The molecule has 208 valence electrons. The lowest BCUT2D eigenvalue weighted by molar-refractivity contribution is -0.0407. The van der Waals surface area contributed by atoms with Crippen LogP contribution in [0.25, 0.3) is 10.9 Å². The van der Waals surface area contributed by atoms with Crippen molar-refractivity contribution in [2.24, 2.45) is 0 Å². The van der Waals surface area contributed by atoms with Crippen molar-refractivity contribution in [1.82, 2.24) is 19.7 Å². The zero-order valence-electron chi connectivity index (χ0n) is 23.3. The number of piperidine rings is 1. The molecule has 8 nitrogen and oxygen atoms in total. The highest BCUT2D eigenvalue weighted by Gasteiger charge is 2.32. The summed E-state index contributed by atoms with van der Waals surface area (Å²) < 4.78 is 6.41. The first-order valence-electron chi connectivity index (χ1n) is 14.6. The van der Waals surface area contributed by atoms with Crippen LogP contribution in [0.1, 0.15) is 35.7 Å². The number of carbonyl (C=O) groups is 1. The van der Waals surface area contributed by atoms with Gasteiger partial charge in [-0.2, -0.15) is 5.26 Å². The van der Waals surface area contributed by atoms with Gasteiger partial charge >= 0.3 is 0 Å². The minimum atomic E-state index is 0.130. The van der Waals surface area contributed by atoms with Gasteiger partial charge in [-0.05, 0) is 56.2 Å². The highest BCUT2D eigenvalue weighted by molar-refractivity contribution is 5.95. The third-order valence-electron chi connectivity index (χ3n) is 8.69. The normalized spacial score (nSPS) is 23.3. The van der Waals surface area contributed by atoms with Gasteiger partial charge in [0.05, 0.1) is 23.3 Å². The molecular formula is C32H38N6O2. The molecule has 0 unspecified atom stereocenters. The standard InChI is InChI=1S/C32H38N6O2/c1-24-21-38(30-10-9-26(20-33)31-29(30)8-5-13-34-31)23-28(40-24)22-35-16-18-36(19-17-35)27-11-14-37(15-12-27)32(39)25-6-3-2-4-7-25/h2-10,13,24,27-28H,11-12,14-19,21-23H2,1H3/t24-,28-/m1/s1. The first-order valence-corrected chi connectivity index (χ1v) is 14.6. The predicted molar refractivity (Wildman–Crippen MR) is 156 cm³/mol. The second-order valence-electron chi connectivity index (χ2n) is 11.3. The largest absolute Gasteiger partial charge is 0.370 e. The topological polar surface area (TPSA) is 75.9 Å². The van der Waals surface area contributed by atoms with E-state index in [1.807, 2.05) is 47.4 Å². The van der Waals surface area contributed by atoms with Gasteiger partial charge in [-0.15, -0.1) is 0 Å². The van der Waals surface area contributed by atoms with Crippen LogP contribution in [-0.2, 0) is 4.74 Å². The highest BCUT2D eigenvalue weighted by Crippen LogP contribution is 2.30. The summed E-state index contributed by atoms with van der Waals surface area (Å²) in [6.45, 7) is 10.6. The molecule has 3 saturated heterocycles. The number of morpholine rings is 1. The van der Waals surface area contributed by atoms with E-state index in [1.54, 1.807) is 6.20 Å². The van der Waals surface area contributed by atoms with Crippen LogP contribution in [0, 0.1) is 11.3 Å². The minimum Gasteiger partial charge on any atom is -0.370 e. The quantitative estimate of drug-likeness (QED) is 0.491. The van der Waals surface area contributed by atoms with Gasteiger partial charge in [0.1, 0.15) is 6.07 Å². The molecule has 0 spiro atoms. The van der Waals surface area contributed by atoms with Crippen molar-refractivity contribution in [2.45, 2.75) is 38.0 Å². The first-order chi connectivity index (χ1) is 19.6. The number of pyridine rings is 1. The molecule has 1 aromatic heterocycles. The van der Waals surface area contributed by atoms with Gasteiger partial charge in [-0.25, -0.2) is 0 Å². The van der Waals surface area contributed by atoms with Crippen LogP contribution in [0.2, 0.25) is 0 Å². The smallest absolute Gasteiger partial charge is 0.253 e. The SMILES string of the molecule is C[C@@H]1CN(c2ccc(C#N)c3ncccc23)C[C@@H](CN2CCN(C3CCN(C(=O)c4ccccc4)CC3)CC2)O1. The van der Waals surface area contributed by atoms with Crippen molar-refractivity contribution >= 4 is 22.5 Å². The molecule has 0 N–H and O–H groups in total. The Morgan fingerprint density at radius 1 is 0.975 bits per heavy atom. The number of likely N-dealkylation sites (tertiary alicyclic amines) is 1. The zero-order valence-corrected chi connectivity index (χ0v) is 23.3. The number of piperazine rings is 1. The Balaban J connectivity index is 1.01. The molecule has 40 heavy (non-hydrogen) atoms. The number of benzene rings is 2. The lowest BCUT2D eigenvalue weighted by Crippen LogP contribution is -2.56. The van der Waals surface area contributed by atoms with E-state index in [-0.39, 0.29) is 18.1 Å². The molecule has 3 aliphatic heterocycles. The lowest BCUT2D eigenvalue weighted by Gasteiger charge is -2.45. The third-order valence-corrected chi connectivity index (χ3v) is 8.69. The Bertz CT molecular complexity index is 1360. The Labute approximate surface area is 236 Å². The van der Waals surface area contributed by atoms with E-state index in [0.29, 0.717) is 11.6 Å². The van der Waals surface area contributed by atoms with Crippen molar-refractivity contribution in [3.8, 4) is 6.07 Å². The Hall–Kier alpha value is -3.51. The molecule has 3 fully saturated rings. The summed E-state index contributed by atoms with van der Waals surface area (Å²) in [6.07, 6.45) is 4.11. The fraction of sp³-hybridized carbons (Fsp3) is 0.469. The number of nitriles is 1. The summed E-state index contributed by atoms with van der Waals surface area (Å²) in [4.78, 5) is 26.9. The summed E-state index contributed by atoms with van der Waals surface area (Å²) in [5.74, 6) is 0.157.